The van der Waals surface area contributed by atoms with E-state index >= 15 is 0 Å². The van der Waals surface area contributed by atoms with Crippen LogP contribution in [0.5, 0.6) is 0 Å². The summed E-state index contributed by atoms with van der Waals surface area (Å²) >= 11 is 7.50. The van der Waals surface area contributed by atoms with Gasteiger partial charge in [-0.2, -0.15) is 0 Å². The summed E-state index contributed by atoms with van der Waals surface area (Å²) in [7, 11) is 0. The van der Waals surface area contributed by atoms with Crippen molar-refractivity contribution in [3.05, 3.63) is 98.9 Å². The van der Waals surface area contributed by atoms with Gasteiger partial charge < -0.3 is 0 Å². The lowest BCUT2D eigenvalue weighted by Crippen LogP contribution is -2.24. The number of aromatic nitrogens is 2. The Morgan fingerprint density at radius 2 is 1.77 bits per heavy atom. The van der Waals surface area contributed by atoms with Gasteiger partial charge >= 0.3 is 0 Å². The maximum Gasteiger partial charge on any atom is 0.263 e. The van der Waals surface area contributed by atoms with Crippen molar-refractivity contribution in [2.75, 3.05) is 0 Å². The summed E-state index contributed by atoms with van der Waals surface area (Å²) in [6.07, 6.45) is 1.46. The smallest absolute Gasteiger partial charge is 0.263 e. The molecule has 0 amide bonds. The SMILES string of the molecule is Cc1sc2ncn(CC(=O)c3ccc4ccccc4c3)c(=O)c2c1-c1ccc(Cl)cc1. The van der Waals surface area contributed by atoms with Gasteiger partial charge in [0.2, 0.25) is 0 Å². The Labute approximate surface area is 187 Å². The number of Topliss-reactive ketones (excluding diaryl/α,β-unsaturated/α-hetero) is 1. The van der Waals surface area contributed by atoms with E-state index in [0.717, 1.165) is 26.8 Å². The number of halogens is 1. The van der Waals surface area contributed by atoms with Crippen molar-refractivity contribution < 1.29 is 4.79 Å². The highest BCUT2D eigenvalue weighted by molar-refractivity contribution is 7.19. The molecule has 0 aliphatic heterocycles. The van der Waals surface area contributed by atoms with E-state index in [1.165, 1.54) is 22.2 Å². The van der Waals surface area contributed by atoms with Crippen molar-refractivity contribution in [1.29, 1.82) is 0 Å². The largest absolute Gasteiger partial charge is 0.292 e. The van der Waals surface area contributed by atoms with Crippen molar-refractivity contribution in [2.45, 2.75) is 13.5 Å². The standard InChI is InChI=1S/C25H17ClN2O2S/c1-15-22(17-8-10-20(26)11-9-17)23-24(31-15)27-14-28(25(23)30)13-21(29)19-7-6-16-4-2-3-5-18(16)12-19/h2-12,14H,13H2,1H3. The molecule has 0 N–H and O–H groups in total. The zero-order valence-electron chi connectivity index (χ0n) is 16.6. The second-order valence-corrected chi connectivity index (χ2v) is 9.02. The normalized spacial score (nSPS) is 11.3. The molecule has 0 fully saturated rings. The molecule has 5 rings (SSSR count). The van der Waals surface area contributed by atoms with E-state index < -0.39 is 0 Å². The minimum absolute atomic E-state index is 0.0605. The van der Waals surface area contributed by atoms with Gasteiger partial charge in [0, 0.05) is 21.0 Å². The Bertz CT molecular complexity index is 1520. The highest BCUT2D eigenvalue weighted by Crippen LogP contribution is 2.35. The maximum absolute atomic E-state index is 13.3. The van der Waals surface area contributed by atoms with Gasteiger partial charge in [0.25, 0.3) is 5.56 Å². The number of carbonyl (C=O) groups excluding carboxylic acids is 1. The molecule has 2 aromatic heterocycles. The molecule has 0 saturated carbocycles. The molecule has 0 aliphatic rings. The van der Waals surface area contributed by atoms with Gasteiger partial charge in [-0.05, 0) is 41.5 Å². The first kappa shape index (κ1) is 19.7. The summed E-state index contributed by atoms with van der Waals surface area (Å²) in [5.41, 5.74) is 2.12. The van der Waals surface area contributed by atoms with Gasteiger partial charge in [0.15, 0.2) is 5.78 Å². The van der Waals surface area contributed by atoms with Crippen LogP contribution in [0.3, 0.4) is 0 Å². The Morgan fingerprint density at radius 3 is 2.55 bits per heavy atom. The van der Waals surface area contributed by atoms with Gasteiger partial charge in [0.1, 0.15) is 4.83 Å². The van der Waals surface area contributed by atoms with Gasteiger partial charge in [-0.25, -0.2) is 4.98 Å². The average molecular weight is 445 g/mol. The number of fused-ring (bicyclic) bond motifs is 2. The highest BCUT2D eigenvalue weighted by Gasteiger charge is 2.18. The van der Waals surface area contributed by atoms with Gasteiger partial charge in [-0.15, -0.1) is 11.3 Å². The molecule has 0 spiro atoms. The first-order valence-corrected chi connectivity index (χ1v) is 11.0. The minimum Gasteiger partial charge on any atom is -0.292 e. The van der Waals surface area contributed by atoms with Crippen LogP contribution in [0.15, 0.2) is 77.9 Å². The number of aryl methyl sites for hydroxylation is 1. The number of carbonyl (C=O) groups is 1. The topological polar surface area (TPSA) is 52.0 Å². The fraction of sp³-hybridized carbons (Fsp3) is 0.0800. The Hall–Kier alpha value is -3.28. The third kappa shape index (κ3) is 3.56. The van der Waals surface area contributed by atoms with E-state index in [0.29, 0.717) is 20.8 Å². The van der Waals surface area contributed by atoms with Crippen molar-refractivity contribution in [3.63, 3.8) is 0 Å². The zero-order chi connectivity index (χ0) is 21.5. The van der Waals surface area contributed by atoms with Crippen LogP contribution in [0.4, 0.5) is 0 Å². The van der Waals surface area contributed by atoms with E-state index in [1.807, 2.05) is 55.5 Å². The average Bonchev–Trinajstić information content (AvgIpc) is 3.12. The number of nitrogens with zero attached hydrogens (tertiary/aromatic N) is 2. The summed E-state index contributed by atoms with van der Waals surface area (Å²) in [6.45, 7) is 1.91. The number of hydrogen-bond acceptors (Lipinski definition) is 4. The number of rotatable bonds is 4. The predicted molar refractivity (Wildman–Crippen MR) is 127 cm³/mol. The third-order valence-electron chi connectivity index (χ3n) is 5.37. The molecule has 0 atom stereocenters. The van der Waals surface area contributed by atoms with Crippen molar-refractivity contribution in [1.82, 2.24) is 9.55 Å². The molecular weight excluding hydrogens is 428 g/mol. The Morgan fingerprint density at radius 1 is 1.03 bits per heavy atom. The predicted octanol–water partition coefficient (Wildman–Crippen LogP) is 6.12. The number of benzene rings is 3. The lowest BCUT2D eigenvalue weighted by molar-refractivity contribution is 0.0971. The molecule has 0 aliphatic carbocycles. The Kier molecular flexibility index (Phi) is 4.93. The van der Waals surface area contributed by atoms with E-state index in [1.54, 1.807) is 18.2 Å². The fourth-order valence-corrected chi connectivity index (χ4v) is 4.95. The van der Waals surface area contributed by atoms with Gasteiger partial charge in [-0.3, -0.25) is 14.2 Å². The second-order valence-electron chi connectivity index (χ2n) is 7.38. The minimum atomic E-state index is -0.214. The van der Waals surface area contributed by atoms with E-state index in [2.05, 4.69) is 4.98 Å². The summed E-state index contributed by atoms with van der Waals surface area (Å²) < 4.78 is 1.39. The van der Waals surface area contributed by atoms with Crippen LogP contribution >= 0.6 is 22.9 Å². The molecule has 0 bridgehead atoms. The molecule has 31 heavy (non-hydrogen) atoms. The first-order valence-electron chi connectivity index (χ1n) is 9.78. The number of ketones is 1. The zero-order valence-corrected chi connectivity index (χ0v) is 18.2. The Balaban J connectivity index is 1.56. The van der Waals surface area contributed by atoms with E-state index in [-0.39, 0.29) is 17.9 Å². The summed E-state index contributed by atoms with van der Waals surface area (Å²) in [6, 6.07) is 20.9. The van der Waals surface area contributed by atoms with Gasteiger partial charge in [-0.1, -0.05) is 60.1 Å². The summed E-state index contributed by atoms with van der Waals surface area (Å²) in [5, 5.41) is 3.24. The van der Waals surface area contributed by atoms with Crippen LogP contribution in [0.1, 0.15) is 15.2 Å². The molecular formula is C25H17ClN2O2S. The van der Waals surface area contributed by atoms with Crippen molar-refractivity contribution in [3.8, 4) is 11.1 Å². The van der Waals surface area contributed by atoms with Crippen LogP contribution in [0.2, 0.25) is 5.02 Å². The molecule has 0 unspecified atom stereocenters. The quantitative estimate of drug-likeness (QED) is 0.313. The lowest BCUT2D eigenvalue weighted by atomic mass is 10.0. The molecule has 152 valence electrons. The van der Waals surface area contributed by atoms with Crippen LogP contribution in [0.25, 0.3) is 32.1 Å². The lowest BCUT2D eigenvalue weighted by Gasteiger charge is -2.07. The molecule has 6 heteroatoms. The van der Waals surface area contributed by atoms with Crippen LogP contribution in [0, 0.1) is 6.92 Å². The molecule has 2 heterocycles. The van der Waals surface area contributed by atoms with Crippen molar-refractivity contribution >= 4 is 49.7 Å². The van der Waals surface area contributed by atoms with E-state index in [4.69, 9.17) is 11.6 Å². The number of hydrogen-bond donors (Lipinski definition) is 0. The highest BCUT2D eigenvalue weighted by atomic mass is 35.5. The van der Waals surface area contributed by atoms with E-state index in [9.17, 15) is 9.59 Å². The van der Waals surface area contributed by atoms with Crippen LogP contribution in [-0.2, 0) is 6.54 Å². The monoisotopic (exact) mass is 444 g/mol. The molecule has 0 radical (unpaired) electrons. The number of thiophene rings is 1. The van der Waals surface area contributed by atoms with Crippen LogP contribution < -0.4 is 5.56 Å². The second kappa shape index (κ2) is 7.76. The molecule has 3 aromatic carbocycles. The summed E-state index contributed by atoms with van der Waals surface area (Å²) in [5.74, 6) is -0.131. The first-order chi connectivity index (χ1) is 15.0. The van der Waals surface area contributed by atoms with Gasteiger partial charge in [0.05, 0.1) is 18.3 Å². The summed E-state index contributed by atoms with van der Waals surface area (Å²) in [4.78, 5) is 32.4. The van der Waals surface area contributed by atoms with Crippen molar-refractivity contribution in [2.24, 2.45) is 0 Å². The van der Waals surface area contributed by atoms with Crippen LogP contribution in [-0.4, -0.2) is 15.3 Å². The molecule has 0 saturated heterocycles. The fourth-order valence-electron chi connectivity index (χ4n) is 3.82. The maximum atomic E-state index is 13.3. The molecule has 5 aromatic rings. The third-order valence-corrected chi connectivity index (χ3v) is 6.64. The molecule has 4 nitrogen and oxygen atoms in total.